The van der Waals surface area contributed by atoms with Crippen LogP contribution in [0.15, 0.2) is 36.4 Å². The van der Waals surface area contributed by atoms with E-state index in [1.807, 2.05) is 13.8 Å². The van der Waals surface area contributed by atoms with Crippen molar-refractivity contribution >= 4 is 103 Å². The number of aryl methyl sites for hydroxylation is 1. The summed E-state index contributed by atoms with van der Waals surface area (Å²) in [7, 11) is 62.3. The molecule has 214 valence electrons. The Hall–Kier alpha value is -2.45. The zero-order valence-corrected chi connectivity index (χ0v) is 26.0. The number of rotatable bonds is 13. The van der Waals surface area contributed by atoms with Crippen LogP contribution in [0.5, 0.6) is 0 Å². The van der Waals surface area contributed by atoms with E-state index in [1.54, 1.807) is 24.0 Å². The monoisotopic (exact) mass is 597 g/mol. The van der Waals surface area contributed by atoms with E-state index in [0.717, 1.165) is 6.07 Å². The summed E-state index contributed by atoms with van der Waals surface area (Å²) in [4.78, 5) is 38.5. The number of ether oxygens (including phenoxy) is 1. The third-order valence-electron chi connectivity index (χ3n) is 8.24. The Labute approximate surface area is 284 Å². The standard InChI is InChI=1S/C28H26B10FN3O4/c1-15-5-4-6-21(23(15)28(37,38)42(14-45)22(12-43)25(31,32)24(29,30)13-44)40-26(33,34)19-8-7-18(9-20(19)39)27(35,36)41-10-16(2)46-17(3)11-41/h4-9,12-14,16-17,22,40H,10-11H2,1-3H3. The molecule has 1 amide bonds. The predicted molar refractivity (Wildman–Crippen MR) is 185 cm³/mol. The molecule has 1 fully saturated rings. The Balaban J connectivity index is 2.03. The highest BCUT2D eigenvalue weighted by Crippen LogP contribution is 2.46. The predicted octanol–water partition coefficient (Wildman–Crippen LogP) is -1.17. The van der Waals surface area contributed by atoms with E-state index in [-0.39, 0.29) is 53.6 Å². The minimum absolute atomic E-state index is 0.0142. The number of benzene rings is 2. The van der Waals surface area contributed by atoms with Crippen molar-refractivity contribution in [2.45, 2.75) is 65.5 Å². The second-order valence-corrected chi connectivity index (χ2v) is 12.1. The fourth-order valence-electron chi connectivity index (χ4n) is 5.63. The van der Waals surface area contributed by atoms with Crippen molar-refractivity contribution in [3.05, 3.63) is 64.5 Å². The molecule has 0 bridgehead atoms. The van der Waals surface area contributed by atoms with Crippen LogP contribution in [0.3, 0.4) is 0 Å². The quantitative estimate of drug-likeness (QED) is 0.233. The molecule has 7 nitrogen and oxygen atoms in total. The van der Waals surface area contributed by atoms with Crippen LogP contribution in [0.1, 0.15) is 36.1 Å². The first-order chi connectivity index (χ1) is 21.1. The van der Waals surface area contributed by atoms with Gasteiger partial charge in [0.25, 0.3) is 0 Å². The van der Waals surface area contributed by atoms with Gasteiger partial charge in [0.2, 0.25) is 6.41 Å². The van der Waals surface area contributed by atoms with Crippen LogP contribution in [0, 0.1) is 12.7 Å². The third-order valence-corrected chi connectivity index (χ3v) is 8.24. The average molecular weight is 596 g/mol. The van der Waals surface area contributed by atoms with Gasteiger partial charge in [-0.3, -0.25) is 4.79 Å². The highest BCUT2D eigenvalue weighted by Gasteiger charge is 2.47. The van der Waals surface area contributed by atoms with Gasteiger partial charge >= 0.3 is 0 Å². The topological polar surface area (TPSA) is 79.0 Å². The van der Waals surface area contributed by atoms with Gasteiger partial charge in [-0.15, -0.1) is 0 Å². The first-order valence-electron chi connectivity index (χ1n) is 14.2. The van der Waals surface area contributed by atoms with E-state index < -0.39 is 38.3 Å². The number of aldehydes is 2. The molecule has 1 heterocycles. The maximum atomic E-state index is 15.7. The molecule has 1 aliphatic rings. The number of amides is 1. The average Bonchev–Trinajstić information content (AvgIpc) is 2.94. The number of halogens is 1. The molecule has 18 heteroatoms. The number of carbonyl (C=O) groups is 3. The zero-order chi connectivity index (χ0) is 35.0. The van der Waals surface area contributed by atoms with Gasteiger partial charge in [0.15, 0.2) is 0 Å². The van der Waals surface area contributed by atoms with Gasteiger partial charge in [0, 0.05) is 18.8 Å². The lowest BCUT2D eigenvalue weighted by Gasteiger charge is -2.53. The largest absolute Gasteiger partial charge is 0.392 e. The lowest BCUT2D eigenvalue weighted by atomic mass is 9.28. The zero-order valence-electron chi connectivity index (χ0n) is 26.0. The number of anilines is 1. The molecular formula is C28H26B10FN3O4. The Morgan fingerprint density at radius 2 is 1.54 bits per heavy atom. The molecule has 0 aromatic heterocycles. The van der Waals surface area contributed by atoms with Crippen LogP contribution in [0.2, 0.25) is 10.4 Å². The summed E-state index contributed by atoms with van der Waals surface area (Å²) < 4.78 is 21.5. The maximum absolute atomic E-state index is 15.7. The Morgan fingerprint density at radius 1 is 0.957 bits per heavy atom. The van der Waals surface area contributed by atoms with Crippen LogP contribution < -0.4 is 5.32 Å². The van der Waals surface area contributed by atoms with E-state index >= 15 is 4.39 Å². The fraction of sp³-hybridized carbons (Fsp3) is 0.464. The van der Waals surface area contributed by atoms with Crippen molar-refractivity contribution in [1.29, 1.82) is 0 Å². The third kappa shape index (κ3) is 7.18. The van der Waals surface area contributed by atoms with Gasteiger partial charge in [0.1, 0.15) is 18.4 Å². The summed E-state index contributed by atoms with van der Waals surface area (Å²) in [6.07, 6.45) is -0.0759. The highest BCUT2D eigenvalue weighted by atomic mass is 19.1. The molecule has 0 spiro atoms. The lowest BCUT2D eigenvalue weighted by Crippen LogP contribution is -2.60. The van der Waals surface area contributed by atoms with Gasteiger partial charge in [-0.2, -0.15) is 0 Å². The molecule has 2 aromatic rings. The van der Waals surface area contributed by atoms with Crippen molar-refractivity contribution in [3.8, 4) is 0 Å². The van der Waals surface area contributed by atoms with E-state index in [2.05, 4.69) is 5.32 Å². The number of hydrogen-bond acceptors (Lipinski definition) is 6. The van der Waals surface area contributed by atoms with Crippen LogP contribution in [0.4, 0.5) is 10.1 Å². The SMILES string of the molecule is [B]C([B])(Nc1cccc(C)c1C([B])([B])N(C=O)C(C=O)C([B])([B])C([B])([B])C=O)c1ccc(C([B])([B])N2CC(C)OC(C)C2)cc1F. The van der Waals surface area contributed by atoms with Crippen molar-refractivity contribution in [2.75, 3.05) is 18.4 Å². The van der Waals surface area contributed by atoms with Gasteiger partial charge in [0.05, 0.1) is 96.7 Å². The van der Waals surface area contributed by atoms with Gasteiger partial charge < -0.3 is 29.4 Å². The molecule has 46 heavy (non-hydrogen) atoms. The molecule has 0 aliphatic carbocycles. The number of morpholine rings is 1. The van der Waals surface area contributed by atoms with Crippen molar-refractivity contribution < 1.29 is 23.5 Å². The van der Waals surface area contributed by atoms with Crippen LogP contribution in [0.25, 0.3) is 0 Å². The summed E-state index contributed by atoms with van der Waals surface area (Å²) in [6, 6.07) is 6.62. The Bertz CT molecular complexity index is 1450. The maximum Gasteiger partial charge on any atom is 0.209 e. The van der Waals surface area contributed by atoms with Crippen molar-refractivity contribution in [3.63, 3.8) is 0 Å². The van der Waals surface area contributed by atoms with Gasteiger partial charge in [-0.25, -0.2) is 4.39 Å². The first-order valence-corrected chi connectivity index (χ1v) is 14.2. The van der Waals surface area contributed by atoms with Crippen LogP contribution in [-0.2, 0) is 35.1 Å². The molecule has 3 unspecified atom stereocenters. The first kappa shape index (κ1) is 38.0. The summed E-state index contributed by atoms with van der Waals surface area (Å²) in [5.74, 6) is -0.840. The molecule has 1 aliphatic heterocycles. The molecule has 1 N–H and O–H groups in total. The van der Waals surface area contributed by atoms with Crippen molar-refractivity contribution in [2.24, 2.45) is 0 Å². The lowest BCUT2D eigenvalue weighted by molar-refractivity contribution is -0.128. The van der Waals surface area contributed by atoms with Crippen molar-refractivity contribution in [1.82, 2.24) is 9.80 Å². The molecule has 20 radical (unpaired) electrons. The molecule has 1 saturated heterocycles. The summed E-state index contributed by atoms with van der Waals surface area (Å²) in [5, 5.41) is -8.31. The smallest absolute Gasteiger partial charge is 0.209 e. The Morgan fingerprint density at radius 3 is 2.04 bits per heavy atom. The number of nitrogens with one attached hydrogen (secondary N) is 1. The highest BCUT2D eigenvalue weighted by molar-refractivity contribution is 6.60. The minimum Gasteiger partial charge on any atom is -0.392 e. The van der Waals surface area contributed by atoms with E-state index in [4.69, 9.17) is 83.2 Å². The summed E-state index contributed by atoms with van der Waals surface area (Å²) >= 11 is 0. The van der Waals surface area contributed by atoms with E-state index in [1.165, 1.54) is 18.2 Å². The number of carbonyl (C=O) groups excluding carboxylic acids is 3. The molecule has 3 rings (SSSR count). The van der Waals surface area contributed by atoms with E-state index in [9.17, 15) is 14.4 Å². The minimum atomic E-state index is -2.55. The number of hydrogen-bond donors (Lipinski definition) is 1. The fourth-order valence-corrected chi connectivity index (χ4v) is 5.63. The Kier molecular flexibility index (Phi) is 11.2. The summed E-state index contributed by atoms with van der Waals surface area (Å²) in [6.45, 7) is 6.18. The van der Waals surface area contributed by atoms with Gasteiger partial charge in [-0.05, 0) is 71.2 Å². The van der Waals surface area contributed by atoms with Gasteiger partial charge in [-0.1, -0.05) is 34.7 Å². The van der Waals surface area contributed by atoms with E-state index in [0.29, 0.717) is 23.6 Å². The number of nitrogens with zero attached hydrogens (tertiary/aromatic N) is 2. The molecular weight excluding hydrogens is 569 g/mol. The summed E-state index contributed by atoms with van der Waals surface area (Å²) in [5.41, 5.74) is 0.409. The normalized spacial score (nSPS) is 19.1. The molecule has 0 saturated carbocycles. The molecule has 2 aromatic carbocycles. The molecule has 3 atom stereocenters. The second kappa shape index (κ2) is 13.6. The van der Waals surface area contributed by atoms with Crippen LogP contribution in [-0.4, -0.2) is 139 Å². The second-order valence-electron chi connectivity index (χ2n) is 12.1. The van der Waals surface area contributed by atoms with Crippen LogP contribution >= 0.6 is 0 Å².